The number of halogens is 3. The van der Waals surface area contributed by atoms with Gasteiger partial charge in [0.05, 0.1) is 10.0 Å². The number of hydrogen-bond acceptors (Lipinski definition) is 4. The molecule has 0 aliphatic heterocycles. The smallest absolute Gasteiger partial charge is 0.306 e. The molecule has 0 atom stereocenters. The fourth-order valence-corrected chi connectivity index (χ4v) is 2.70. The minimum absolute atomic E-state index is 0.0355. The fourth-order valence-electron chi connectivity index (χ4n) is 2.14. The number of hydrogen-bond donors (Lipinski definition) is 2. The summed E-state index contributed by atoms with van der Waals surface area (Å²) < 4.78 is 5.81. The van der Waals surface area contributed by atoms with Crippen molar-refractivity contribution in [3.05, 3.63) is 57.0 Å². The van der Waals surface area contributed by atoms with Crippen LogP contribution in [0.15, 0.2) is 46.9 Å². The lowest BCUT2D eigenvalue weighted by molar-refractivity contribution is -0.147. The third-order valence-electron chi connectivity index (χ3n) is 3.48. The summed E-state index contributed by atoms with van der Waals surface area (Å²) in [5, 5.41) is 5.95. The van der Waals surface area contributed by atoms with Gasteiger partial charge in [-0.3, -0.25) is 14.4 Å². The Labute approximate surface area is 180 Å². The van der Waals surface area contributed by atoms with E-state index in [0.717, 1.165) is 4.47 Å². The van der Waals surface area contributed by atoms with Crippen LogP contribution in [0, 0.1) is 0 Å². The van der Waals surface area contributed by atoms with Crippen molar-refractivity contribution in [1.82, 2.24) is 0 Å². The third-order valence-corrected chi connectivity index (χ3v) is 4.75. The zero-order chi connectivity index (χ0) is 20.5. The number of nitrogens with one attached hydrogen (secondary N) is 2. The van der Waals surface area contributed by atoms with Crippen LogP contribution in [-0.4, -0.2) is 24.4 Å². The summed E-state index contributed by atoms with van der Waals surface area (Å²) in [5.41, 5.74) is 1.12. The molecule has 2 rings (SSSR count). The summed E-state index contributed by atoms with van der Waals surface area (Å²) in [6, 6.07) is 11.8. The predicted octanol–water partition coefficient (Wildman–Crippen LogP) is 5.05. The average molecular weight is 488 g/mol. The Morgan fingerprint density at radius 1 is 0.857 bits per heavy atom. The summed E-state index contributed by atoms with van der Waals surface area (Å²) >= 11 is 15.0. The van der Waals surface area contributed by atoms with Gasteiger partial charge in [0.25, 0.3) is 5.91 Å². The first-order valence-electron chi connectivity index (χ1n) is 8.29. The quantitative estimate of drug-likeness (QED) is 0.510. The van der Waals surface area contributed by atoms with Crippen molar-refractivity contribution in [2.24, 2.45) is 0 Å². The highest BCUT2D eigenvalue weighted by molar-refractivity contribution is 9.10. The molecule has 2 amide bonds. The van der Waals surface area contributed by atoms with Gasteiger partial charge < -0.3 is 15.4 Å². The molecule has 0 spiro atoms. The van der Waals surface area contributed by atoms with E-state index in [1.807, 2.05) is 12.1 Å². The summed E-state index contributed by atoms with van der Waals surface area (Å²) in [5.74, 6) is -1.26. The van der Waals surface area contributed by atoms with Crippen molar-refractivity contribution in [1.29, 1.82) is 0 Å². The van der Waals surface area contributed by atoms with Gasteiger partial charge in [0.15, 0.2) is 6.61 Å². The summed E-state index contributed by atoms with van der Waals surface area (Å²) in [4.78, 5) is 35.3. The van der Waals surface area contributed by atoms with E-state index in [0.29, 0.717) is 27.8 Å². The van der Waals surface area contributed by atoms with Crippen molar-refractivity contribution in [3.8, 4) is 0 Å². The molecule has 2 N–H and O–H groups in total. The molecule has 0 aliphatic rings. The van der Waals surface area contributed by atoms with Crippen LogP contribution in [0.3, 0.4) is 0 Å². The largest absolute Gasteiger partial charge is 0.456 e. The van der Waals surface area contributed by atoms with Gasteiger partial charge in [-0.15, -0.1) is 0 Å². The molecule has 9 heteroatoms. The number of benzene rings is 2. The number of amides is 2. The van der Waals surface area contributed by atoms with Crippen molar-refractivity contribution >= 4 is 68.3 Å². The van der Waals surface area contributed by atoms with Crippen LogP contribution in [-0.2, 0) is 19.1 Å². The molecule has 0 saturated carbocycles. The molecule has 2 aromatic carbocycles. The Bertz CT molecular complexity index is 860. The molecule has 0 saturated heterocycles. The molecule has 0 heterocycles. The SMILES string of the molecule is O=C(CCCC(=O)OCC(=O)Nc1ccc(Cl)c(Cl)c1)Nc1ccc(Br)cc1. The van der Waals surface area contributed by atoms with Crippen LogP contribution in [0.2, 0.25) is 10.0 Å². The minimum atomic E-state index is -0.555. The van der Waals surface area contributed by atoms with Crippen LogP contribution in [0.4, 0.5) is 11.4 Å². The molecule has 148 valence electrons. The zero-order valence-corrected chi connectivity index (χ0v) is 17.7. The lowest BCUT2D eigenvalue weighted by atomic mass is 10.2. The fraction of sp³-hybridized carbons (Fsp3) is 0.211. The van der Waals surface area contributed by atoms with Crippen molar-refractivity contribution < 1.29 is 19.1 Å². The van der Waals surface area contributed by atoms with Crippen LogP contribution in [0.5, 0.6) is 0 Å². The van der Waals surface area contributed by atoms with E-state index in [9.17, 15) is 14.4 Å². The number of ether oxygens (including phenoxy) is 1. The van der Waals surface area contributed by atoms with E-state index in [2.05, 4.69) is 26.6 Å². The van der Waals surface area contributed by atoms with Gasteiger partial charge in [-0.05, 0) is 48.9 Å². The second-order valence-corrected chi connectivity index (χ2v) is 7.48. The highest BCUT2D eigenvalue weighted by atomic mass is 79.9. The lowest BCUT2D eigenvalue weighted by Gasteiger charge is -2.08. The van der Waals surface area contributed by atoms with Gasteiger partial charge in [-0.25, -0.2) is 0 Å². The standard InChI is InChI=1S/C19H17BrCl2N2O4/c20-12-4-6-13(7-5-12)23-17(25)2-1-3-19(27)28-11-18(26)24-14-8-9-15(21)16(22)10-14/h4-10H,1-3,11H2,(H,23,25)(H,24,26). The van der Waals surface area contributed by atoms with Crippen molar-refractivity contribution in [3.63, 3.8) is 0 Å². The molecule has 6 nitrogen and oxygen atoms in total. The van der Waals surface area contributed by atoms with E-state index < -0.39 is 18.5 Å². The van der Waals surface area contributed by atoms with Gasteiger partial charge in [0, 0.05) is 28.7 Å². The Kier molecular flexibility index (Phi) is 8.76. The molecule has 28 heavy (non-hydrogen) atoms. The van der Waals surface area contributed by atoms with E-state index in [-0.39, 0.29) is 18.7 Å². The number of anilines is 2. The first kappa shape index (κ1) is 22.2. The van der Waals surface area contributed by atoms with Gasteiger partial charge >= 0.3 is 5.97 Å². The normalized spacial score (nSPS) is 10.2. The minimum Gasteiger partial charge on any atom is -0.456 e. The molecule has 0 unspecified atom stereocenters. The molecule has 0 aliphatic carbocycles. The Morgan fingerprint density at radius 2 is 1.50 bits per heavy atom. The van der Waals surface area contributed by atoms with Gasteiger partial charge in [0.1, 0.15) is 0 Å². The second kappa shape index (κ2) is 11.0. The summed E-state index contributed by atoms with van der Waals surface area (Å²) in [6.45, 7) is -0.426. The zero-order valence-electron chi connectivity index (χ0n) is 14.6. The number of rotatable bonds is 8. The first-order valence-corrected chi connectivity index (χ1v) is 9.84. The maximum Gasteiger partial charge on any atom is 0.306 e. The first-order chi connectivity index (χ1) is 13.3. The van der Waals surface area contributed by atoms with Gasteiger partial charge in [0.2, 0.25) is 5.91 Å². The highest BCUT2D eigenvalue weighted by Crippen LogP contribution is 2.24. The van der Waals surface area contributed by atoms with E-state index in [1.165, 1.54) is 6.07 Å². The van der Waals surface area contributed by atoms with Crippen molar-refractivity contribution in [2.45, 2.75) is 19.3 Å². The highest BCUT2D eigenvalue weighted by Gasteiger charge is 2.10. The molecular weight excluding hydrogens is 471 g/mol. The maximum atomic E-state index is 11.8. The Balaban J connectivity index is 1.63. The molecule has 0 aromatic heterocycles. The van der Waals surface area contributed by atoms with Crippen molar-refractivity contribution in [2.75, 3.05) is 17.2 Å². The van der Waals surface area contributed by atoms with E-state index >= 15 is 0 Å². The number of carbonyl (C=O) groups is 3. The van der Waals surface area contributed by atoms with E-state index in [4.69, 9.17) is 27.9 Å². The second-order valence-electron chi connectivity index (χ2n) is 5.75. The van der Waals surface area contributed by atoms with Crippen LogP contribution in [0.1, 0.15) is 19.3 Å². The maximum absolute atomic E-state index is 11.8. The molecule has 2 aromatic rings. The topological polar surface area (TPSA) is 84.5 Å². The molecule has 0 radical (unpaired) electrons. The number of carbonyl (C=O) groups excluding carboxylic acids is 3. The van der Waals surface area contributed by atoms with E-state index in [1.54, 1.807) is 24.3 Å². The average Bonchev–Trinajstić information content (AvgIpc) is 2.65. The van der Waals surface area contributed by atoms with Gasteiger partial charge in [-0.1, -0.05) is 39.1 Å². The van der Waals surface area contributed by atoms with Gasteiger partial charge in [-0.2, -0.15) is 0 Å². The third kappa shape index (κ3) is 7.88. The monoisotopic (exact) mass is 486 g/mol. The Morgan fingerprint density at radius 3 is 2.18 bits per heavy atom. The molecule has 0 fully saturated rings. The van der Waals surface area contributed by atoms with Crippen LogP contribution < -0.4 is 10.6 Å². The summed E-state index contributed by atoms with van der Waals surface area (Å²) in [7, 11) is 0. The molecular formula is C19H17BrCl2N2O4. The predicted molar refractivity (Wildman–Crippen MR) is 113 cm³/mol. The summed E-state index contributed by atoms with van der Waals surface area (Å²) in [6.07, 6.45) is 0.518. The number of esters is 1. The Hall–Kier alpha value is -2.09. The molecule has 0 bridgehead atoms. The van der Waals surface area contributed by atoms with Crippen LogP contribution >= 0.6 is 39.1 Å². The lowest BCUT2D eigenvalue weighted by Crippen LogP contribution is -2.21. The van der Waals surface area contributed by atoms with Crippen LogP contribution in [0.25, 0.3) is 0 Å².